The van der Waals surface area contributed by atoms with E-state index >= 15 is 0 Å². The summed E-state index contributed by atoms with van der Waals surface area (Å²) >= 11 is 5.52. The zero-order chi connectivity index (χ0) is 10.8. The topological polar surface area (TPSA) is 0 Å². The van der Waals surface area contributed by atoms with Gasteiger partial charge in [0.15, 0.2) is 0 Å². The van der Waals surface area contributed by atoms with Crippen LogP contribution in [0.4, 0.5) is 0 Å². The number of rotatable bonds is 6. The van der Waals surface area contributed by atoms with E-state index in [1.165, 1.54) is 5.56 Å². The summed E-state index contributed by atoms with van der Waals surface area (Å²) in [7, 11) is 0. The van der Waals surface area contributed by atoms with E-state index in [0.717, 1.165) is 19.3 Å². The number of halogens is 1. The van der Waals surface area contributed by atoms with Crippen LogP contribution in [0.15, 0.2) is 54.6 Å². The molecule has 0 aliphatic rings. The summed E-state index contributed by atoms with van der Waals surface area (Å²) in [6.07, 6.45) is 11.8. The molecule has 1 aromatic carbocycles. The molecule has 0 radical (unpaired) electrons. The molecule has 80 valence electrons. The van der Waals surface area contributed by atoms with Crippen LogP contribution in [0, 0.1) is 0 Å². The summed E-state index contributed by atoms with van der Waals surface area (Å²) in [4.78, 5) is 0. The molecule has 0 saturated carbocycles. The van der Waals surface area contributed by atoms with Gasteiger partial charge in [0.1, 0.15) is 0 Å². The maximum absolute atomic E-state index is 5.52. The number of benzene rings is 1. The van der Waals surface area contributed by atoms with Crippen molar-refractivity contribution >= 4 is 11.6 Å². The third-order valence-electron chi connectivity index (χ3n) is 2.12. The third kappa shape index (κ3) is 6.14. The summed E-state index contributed by atoms with van der Waals surface area (Å²) in [5.41, 5.74) is 1.37. The minimum Gasteiger partial charge on any atom is -0.122 e. The Hall–Kier alpha value is -1.01. The van der Waals surface area contributed by atoms with Crippen LogP contribution in [-0.2, 0) is 6.42 Å². The molecule has 0 fully saturated rings. The monoisotopic (exact) mass is 220 g/mol. The van der Waals surface area contributed by atoms with Gasteiger partial charge in [-0.15, -0.1) is 11.6 Å². The minimum atomic E-state index is 0.619. The van der Waals surface area contributed by atoms with Crippen molar-refractivity contribution in [3.8, 4) is 0 Å². The molecule has 0 heterocycles. The van der Waals surface area contributed by atoms with Crippen molar-refractivity contribution < 1.29 is 0 Å². The van der Waals surface area contributed by atoms with Gasteiger partial charge in [-0.1, -0.05) is 54.6 Å². The molecule has 0 aliphatic heterocycles. The number of alkyl halides is 1. The Morgan fingerprint density at radius 1 is 0.867 bits per heavy atom. The van der Waals surface area contributed by atoms with Gasteiger partial charge in [-0.05, 0) is 24.8 Å². The Bertz CT molecular complexity index is 298. The van der Waals surface area contributed by atoms with E-state index in [4.69, 9.17) is 11.6 Å². The van der Waals surface area contributed by atoms with E-state index in [1.54, 1.807) is 0 Å². The smallest absolute Gasteiger partial charge is 0.0404 e. The van der Waals surface area contributed by atoms with Crippen molar-refractivity contribution in [1.82, 2.24) is 0 Å². The zero-order valence-corrected chi connectivity index (χ0v) is 9.66. The lowest BCUT2D eigenvalue weighted by molar-refractivity contribution is 1.04. The highest BCUT2D eigenvalue weighted by atomic mass is 35.5. The molecule has 15 heavy (non-hydrogen) atoms. The Balaban J connectivity index is 2.15. The van der Waals surface area contributed by atoms with Crippen molar-refractivity contribution in [2.75, 3.05) is 5.88 Å². The van der Waals surface area contributed by atoms with Crippen molar-refractivity contribution in [2.45, 2.75) is 19.3 Å². The van der Waals surface area contributed by atoms with E-state index in [0.29, 0.717) is 5.88 Å². The Labute approximate surface area is 97.3 Å². The summed E-state index contributed by atoms with van der Waals surface area (Å²) in [6, 6.07) is 10.5. The van der Waals surface area contributed by atoms with Gasteiger partial charge in [-0.25, -0.2) is 0 Å². The van der Waals surface area contributed by atoms with Crippen LogP contribution >= 0.6 is 11.6 Å². The van der Waals surface area contributed by atoms with E-state index in [-0.39, 0.29) is 0 Å². The first-order chi connectivity index (χ1) is 7.43. The van der Waals surface area contributed by atoms with Crippen molar-refractivity contribution in [3.63, 3.8) is 0 Å². The van der Waals surface area contributed by atoms with Crippen LogP contribution in [0.2, 0.25) is 0 Å². The second kappa shape index (κ2) is 8.31. The van der Waals surface area contributed by atoms with Crippen LogP contribution in [0.25, 0.3) is 0 Å². The van der Waals surface area contributed by atoms with E-state index < -0.39 is 0 Å². The number of hydrogen-bond acceptors (Lipinski definition) is 0. The highest BCUT2D eigenvalue weighted by Crippen LogP contribution is 2.01. The van der Waals surface area contributed by atoms with E-state index in [9.17, 15) is 0 Å². The standard InChI is InChI=1S/C14H17Cl/c15-13-9-4-2-1-3-6-10-14-11-7-5-8-12-14/h3-9,11-12H,1-2,10,13H2/b6-3+,9-4+. The molecular formula is C14H17Cl. The number of allylic oxidation sites excluding steroid dienone is 4. The molecule has 0 N–H and O–H groups in total. The molecule has 0 bridgehead atoms. The number of hydrogen-bond donors (Lipinski definition) is 0. The largest absolute Gasteiger partial charge is 0.122 e. The average Bonchev–Trinajstić information content (AvgIpc) is 2.29. The van der Waals surface area contributed by atoms with Gasteiger partial charge in [0, 0.05) is 5.88 Å². The summed E-state index contributed by atoms with van der Waals surface area (Å²) in [6.45, 7) is 0. The van der Waals surface area contributed by atoms with Gasteiger partial charge in [0.25, 0.3) is 0 Å². The van der Waals surface area contributed by atoms with Gasteiger partial charge < -0.3 is 0 Å². The SMILES string of the molecule is ClC/C=C/CC/C=C/Cc1ccccc1. The molecule has 1 heteroatoms. The maximum atomic E-state index is 5.52. The Morgan fingerprint density at radius 3 is 2.20 bits per heavy atom. The second-order valence-electron chi connectivity index (χ2n) is 3.36. The molecule has 1 rings (SSSR count). The van der Waals surface area contributed by atoms with Crippen molar-refractivity contribution in [1.29, 1.82) is 0 Å². The first kappa shape index (κ1) is 12.1. The predicted octanol–water partition coefficient (Wildman–Crippen LogP) is 4.36. The summed E-state index contributed by atoms with van der Waals surface area (Å²) in [5.74, 6) is 0.619. The highest BCUT2D eigenvalue weighted by molar-refractivity contribution is 6.18. The average molecular weight is 221 g/mol. The molecule has 0 aliphatic carbocycles. The van der Waals surface area contributed by atoms with Crippen molar-refractivity contribution in [2.24, 2.45) is 0 Å². The van der Waals surface area contributed by atoms with Crippen LogP contribution in [-0.4, -0.2) is 5.88 Å². The van der Waals surface area contributed by atoms with Crippen LogP contribution in [0.5, 0.6) is 0 Å². The van der Waals surface area contributed by atoms with Gasteiger partial charge in [-0.3, -0.25) is 0 Å². The van der Waals surface area contributed by atoms with E-state index in [2.05, 4.69) is 42.5 Å². The van der Waals surface area contributed by atoms with Gasteiger partial charge >= 0.3 is 0 Å². The molecule has 0 amide bonds. The summed E-state index contributed by atoms with van der Waals surface area (Å²) in [5, 5.41) is 0. The van der Waals surface area contributed by atoms with E-state index in [1.807, 2.05) is 12.1 Å². The van der Waals surface area contributed by atoms with Crippen LogP contribution < -0.4 is 0 Å². The molecule has 0 saturated heterocycles. The first-order valence-corrected chi connectivity index (χ1v) is 5.87. The minimum absolute atomic E-state index is 0.619. The third-order valence-corrected chi connectivity index (χ3v) is 2.30. The fraction of sp³-hybridized carbons (Fsp3) is 0.286. The fourth-order valence-corrected chi connectivity index (χ4v) is 1.45. The molecule has 0 unspecified atom stereocenters. The van der Waals surface area contributed by atoms with Crippen LogP contribution in [0.3, 0.4) is 0 Å². The molecule has 0 nitrogen and oxygen atoms in total. The Morgan fingerprint density at radius 2 is 1.53 bits per heavy atom. The molecule has 1 aromatic rings. The molecular weight excluding hydrogens is 204 g/mol. The molecule has 0 aromatic heterocycles. The normalized spacial score (nSPS) is 11.5. The lowest BCUT2D eigenvalue weighted by Crippen LogP contribution is -1.78. The Kier molecular flexibility index (Phi) is 6.68. The van der Waals surface area contributed by atoms with Gasteiger partial charge in [0.05, 0.1) is 0 Å². The first-order valence-electron chi connectivity index (χ1n) is 5.33. The number of unbranched alkanes of at least 4 members (excludes halogenated alkanes) is 1. The van der Waals surface area contributed by atoms with Crippen molar-refractivity contribution in [3.05, 3.63) is 60.2 Å². The highest BCUT2D eigenvalue weighted by Gasteiger charge is 1.85. The van der Waals surface area contributed by atoms with Crippen LogP contribution in [0.1, 0.15) is 18.4 Å². The fourth-order valence-electron chi connectivity index (χ4n) is 1.32. The molecule has 0 atom stereocenters. The second-order valence-corrected chi connectivity index (χ2v) is 3.67. The quantitative estimate of drug-likeness (QED) is 0.380. The maximum Gasteiger partial charge on any atom is 0.0404 e. The lowest BCUT2D eigenvalue weighted by Gasteiger charge is -1.93. The lowest BCUT2D eigenvalue weighted by atomic mass is 10.1. The van der Waals surface area contributed by atoms with Gasteiger partial charge in [0.2, 0.25) is 0 Å². The molecule has 0 spiro atoms. The zero-order valence-electron chi connectivity index (χ0n) is 8.90. The summed E-state index contributed by atoms with van der Waals surface area (Å²) < 4.78 is 0. The van der Waals surface area contributed by atoms with Gasteiger partial charge in [-0.2, -0.15) is 0 Å². The predicted molar refractivity (Wildman–Crippen MR) is 68.4 cm³/mol.